The normalized spacial score (nSPS) is 24.7. The summed E-state index contributed by atoms with van der Waals surface area (Å²) in [6, 6.07) is 11.4. The Balaban J connectivity index is 1.69. The molecule has 2 aliphatic heterocycles. The van der Waals surface area contributed by atoms with E-state index in [-0.39, 0.29) is 18.0 Å². The molecule has 0 radical (unpaired) electrons. The standard InChI is InChI=1S/C22H20ClN3O2/c1-25-18-11-17(26-16-10-12(23)6-7-15(16)24-20(18)26)19-13(21(25)27)4-2-5-14(19)22(28)8-3-9-22/h2,4-7,10,17-18,28H,3,8-9,11H2,1H3/t17-,18-/m1/s1. The van der Waals surface area contributed by atoms with Gasteiger partial charge >= 0.3 is 0 Å². The third-order valence-corrected chi connectivity index (χ3v) is 7.11. The first-order chi connectivity index (χ1) is 13.5. The van der Waals surface area contributed by atoms with Crippen molar-refractivity contribution in [2.45, 2.75) is 43.4 Å². The fourth-order valence-corrected chi connectivity index (χ4v) is 5.44. The van der Waals surface area contributed by atoms with Crippen molar-refractivity contribution in [3.8, 4) is 0 Å². The number of hydrogen-bond acceptors (Lipinski definition) is 3. The van der Waals surface area contributed by atoms with Crippen molar-refractivity contribution in [2.75, 3.05) is 7.05 Å². The van der Waals surface area contributed by atoms with E-state index in [0.29, 0.717) is 10.6 Å². The van der Waals surface area contributed by atoms with E-state index in [1.54, 1.807) is 4.90 Å². The summed E-state index contributed by atoms with van der Waals surface area (Å²) in [6.07, 6.45) is 3.27. The summed E-state index contributed by atoms with van der Waals surface area (Å²) in [6.45, 7) is 0. The van der Waals surface area contributed by atoms with E-state index in [4.69, 9.17) is 16.6 Å². The Morgan fingerprint density at radius 3 is 2.79 bits per heavy atom. The molecular formula is C22H20ClN3O2. The third kappa shape index (κ3) is 1.96. The van der Waals surface area contributed by atoms with Gasteiger partial charge in [0.05, 0.1) is 28.7 Å². The van der Waals surface area contributed by atoms with Crippen molar-refractivity contribution >= 4 is 28.5 Å². The molecule has 1 aromatic heterocycles. The number of benzene rings is 2. The number of aromatic nitrogens is 2. The smallest absolute Gasteiger partial charge is 0.254 e. The SMILES string of the molecule is CN1C(=O)c2cccc(C3(O)CCC3)c2[C@H]2C[C@@H]1c1nc3ccc(Cl)cc3n12. The Morgan fingerprint density at radius 1 is 1.21 bits per heavy atom. The minimum Gasteiger partial charge on any atom is -0.385 e. The van der Waals surface area contributed by atoms with Crippen LogP contribution in [0.15, 0.2) is 36.4 Å². The first-order valence-electron chi connectivity index (χ1n) is 9.78. The van der Waals surface area contributed by atoms with Crippen molar-refractivity contribution in [3.63, 3.8) is 0 Å². The number of rotatable bonds is 1. The van der Waals surface area contributed by atoms with E-state index in [9.17, 15) is 9.90 Å². The van der Waals surface area contributed by atoms with Crippen LogP contribution >= 0.6 is 11.6 Å². The molecule has 28 heavy (non-hydrogen) atoms. The van der Waals surface area contributed by atoms with Gasteiger partial charge in [0.25, 0.3) is 5.91 Å². The molecule has 0 spiro atoms. The largest absolute Gasteiger partial charge is 0.385 e. The van der Waals surface area contributed by atoms with Crippen LogP contribution in [-0.4, -0.2) is 32.5 Å². The van der Waals surface area contributed by atoms with Crippen molar-refractivity contribution in [1.82, 2.24) is 14.5 Å². The summed E-state index contributed by atoms with van der Waals surface area (Å²) in [5, 5.41) is 11.9. The Bertz CT molecular complexity index is 1160. The van der Waals surface area contributed by atoms with Crippen LogP contribution in [-0.2, 0) is 5.60 Å². The van der Waals surface area contributed by atoms with Crippen molar-refractivity contribution in [3.05, 3.63) is 63.9 Å². The van der Waals surface area contributed by atoms with Crippen LogP contribution in [0.2, 0.25) is 5.02 Å². The molecule has 2 atom stereocenters. The van der Waals surface area contributed by atoms with Crippen LogP contribution in [0.3, 0.4) is 0 Å². The average molecular weight is 394 g/mol. The zero-order valence-electron chi connectivity index (χ0n) is 15.5. The van der Waals surface area contributed by atoms with Crippen LogP contribution in [0.1, 0.15) is 65.1 Å². The second-order valence-corrected chi connectivity index (χ2v) is 8.74. The second kappa shape index (κ2) is 5.37. The molecule has 3 heterocycles. The molecular weight excluding hydrogens is 374 g/mol. The van der Waals surface area contributed by atoms with E-state index >= 15 is 0 Å². The van der Waals surface area contributed by atoms with Gasteiger partial charge in [-0.25, -0.2) is 4.98 Å². The first-order valence-corrected chi connectivity index (χ1v) is 10.2. The van der Waals surface area contributed by atoms with Crippen LogP contribution in [0.4, 0.5) is 0 Å². The molecule has 3 aliphatic rings. The number of nitrogens with zero attached hydrogens (tertiary/aromatic N) is 3. The molecule has 1 aliphatic carbocycles. The van der Waals surface area contributed by atoms with Crippen LogP contribution in [0.25, 0.3) is 11.0 Å². The number of carbonyl (C=O) groups excluding carboxylic acids is 1. The number of halogens is 1. The molecule has 6 heteroatoms. The molecule has 142 valence electrons. The lowest BCUT2D eigenvalue weighted by molar-refractivity contribution is -0.0398. The van der Waals surface area contributed by atoms with E-state index in [0.717, 1.165) is 53.7 Å². The van der Waals surface area contributed by atoms with E-state index in [1.807, 2.05) is 43.4 Å². The summed E-state index contributed by atoms with van der Waals surface area (Å²) < 4.78 is 2.24. The number of imidazole rings is 1. The third-order valence-electron chi connectivity index (χ3n) is 6.87. The van der Waals surface area contributed by atoms with Crippen LogP contribution < -0.4 is 0 Å². The second-order valence-electron chi connectivity index (χ2n) is 8.31. The van der Waals surface area contributed by atoms with Gasteiger partial charge in [-0.15, -0.1) is 0 Å². The van der Waals surface area contributed by atoms with Crippen molar-refractivity contribution in [1.29, 1.82) is 0 Å². The van der Waals surface area contributed by atoms with Gasteiger partial charge in [-0.05, 0) is 54.7 Å². The molecule has 0 unspecified atom stereocenters. The zero-order chi connectivity index (χ0) is 19.2. The number of carbonyl (C=O) groups is 1. The molecule has 3 aromatic rings. The van der Waals surface area contributed by atoms with Gasteiger partial charge < -0.3 is 14.6 Å². The maximum atomic E-state index is 13.3. The highest BCUT2D eigenvalue weighted by Gasteiger charge is 2.47. The Kier molecular flexibility index (Phi) is 3.18. The minimum absolute atomic E-state index is 0.00334. The maximum absolute atomic E-state index is 13.3. The van der Waals surface area contributed by atoms with E-state index < -0.39 is 5.60 Å². The zero-order valence-corrected chi connectivity index (χ0v) is 16.3. The molecule has 1 amide bonds. The lowest BCUT2D eigenvalue weighted by Crippen LogP contribution is -2.36. The number of hydrogen-bond donors (Lipinski definition) is 1. The monoisotopic (exact) mass is 393 g/mol. The summed E-state index contributed by atoms with van der Waals surface area (Å²) in [5.74, 6) is 0.905. The lowest BCUT2D eigenvalue weighted by atomic mass is 9.71. The molecule has 5 nitrogen and oxygen atoms in total. The number of aliphatic hydroxyl groups is 1. The topological polar surface area (TPSA) is 58.4 Å². The molecule has 1 N–H and O–H groups in total. The van der Waals surface area contributed by atoms with Crippen LogP contribution in [0.5, 0.6) is 0 Å². The number of amides is 1. The van der Waals surface area contributed by atoms with Gasteiger partial charge in [0.1, 0.15) is 5.82 Å². The van der Waals surface area contributed by atoms with Gasteiger partial charge in [0.15, 0.2) is 0 Å². The average Bonchev–Trinajstić information content (AvgIpc) is 3.18. The van der Waals surface area contributed by atoms with Gasteiger partial charge in [-0.3, -0.25) is 4.79 Å². The maximum Gasteiger partial charge on any atom is 0.254 e. The fourth-order valence-electron chi connectivity index (χ4n) is 5.28. The first kappa shape index (κ1) is 16.6. The molecule has 1 saturated carbocycles. The van der Waals surface area contributed by atoms with Gasteiger partial charge in [-0.1, -0.05) is 23.7 Å². The Morgan fingerprint density at radius 2 is 2.04 bits per heavy atom. The predicted molar refractivity (Wildman–Crippen MR) is 107 cm³/mol. The highest BCUT2D eigenvalue weighted by molar-refractivity contribution is 6.31. The van der Waals surface area contributed by atoms with Gasteiger partial charge in [-0.2, -0.15) is 0 Å². The van der Waals surface area contributed by atoms with Gasteiger partial charge in [0, 0.05) is 24.1 Å². The van der Waals surface area contributed by atoms with Crippen molar-refractivity contribution < 1.29 is 9.90 Å². The molecule has 0 saturated heterocycles. The van der Waals surface area contributed by atoms with Gasteiger partial charge in [0.2, 0.25) is 0 Å². The number of fused-ring (bicyclic) bond motifs is 9. The molecule has 2 aromatic carbocycles. The quantitative estimate of drug-likeness (QED) is 0.674. The minimum atomic E-state index is -0.833. The Labute approximate surface area is 167 Å². The summed E-state index contributed by atoms with van der Waals surface area (Å²) in [7, 11) is 1.85. The van der Waals surface area contributed by atoms with Crippen LogP contribution in [0, 0.1) is 0 Å². The molecule has 1 fully saturated rings. The van der Waals surface area contributed by atoms with E-state index in [1.165, 1.54) is 0 Å². The highest BCUT2D eigenvalue weighted by atomic mass is 35.5. The van der Waals surface area contributed by atoms with E-state index in [2.05, 4.69) is 4.57 Å². The summed E-state index contributed by atoms with van der Waals surface area (Å²) in [4.78, 5) is 19.9. The fraction of sp³-hybridized carbons (Fsp3) is 0.364. The summed E-state index contributed by atoms with van der Waals surface area (Å²) in [5.41, 5.74) is 3.60. The van der Waals surface area contributed by atoms with Crippen molar-refractivity contribution in [2.24, 2.45) is 0 Å². The molecule has 2 bridgehead atoms. The highest BCUT2D eigenvalue weighted by Crippen LogP contribution is 2.52. The predicted octanol–water partition coefficient (Wildman–Crippen LogP) is 4.18. The Hall–Kier alpha value is -2.37. The lowest BCUT2D eigenvalue weighted by Gasteiger charge is -2.40. The summed E-state index contributed by atoms with van der Waals surface area (Å²) >= 11 is 6.29. The molecule has 6 rings (SSSR count).